The van der Waals surface area contributed by atoms with Crippen LogP contribution in [0.5, 0.6) is 0 Å². The van der Waals surface area contributed by atoms with Crippen molar-refractivity contribution in [3.63, 3.8) is 0 Å². The van der Waals surface area contributed by atoms with Gasteiger partial charge in [0.15, 0.2) is 5.96 Å². The highest BCUT2D eigenvalue weighted by Gasteiger charge is 2.30. The molecule has 2 fully saturated rings. The molecule has 0 bridgehead atoms. The molecule has 0 radical (unpaired) electrons. The van der Waals surface area contributed by atoms with E-state index in [0.29, 0.717) is 19.8 Å². The molecule has 0 aliphatic carbocycles. The minimum Gasteiger partial charge on any atom is -0.382 e. The number of nitrogens with one attached hydrogen (secondary N) is 1. The van der Waals surface area contributed by atoms with E-state index in [9.17, 15) is 4.79 Å². The monoisotopic (exact) mass is 370 g/mol. The van der Waals surface area contributed by atoms with Gasteiger partial charge in [0.05, 0.1) is 13.2 Å². The van der Waals surface area contributed by atoms with Gasteiger partial charge in [-0.15, -0.1) is 0 Å². The van der Waals surface area contributed by atoms with Crippen molar-refractivity contribution < 1.29 is 19.0 Å². The fourth-order valence-electron chi connectivity index (χ4n) is 3.22. The molecule has 150 valence electrons. The quantitative estimate of drug-likeness (QED) is 0.358. The molecule has 1 amide bonds. The van der Waals surface area contributed by atoms with E-state index in [1.54, 1.807) is 14.2 Å². The summed E-state index contributed by atoms with van der Waals surface area (Å²) in [6.07, 6.45) is 3.67. The number of guanidine groups is 1. The number of rotatable bonds is 9. The lowest BCUT2D eigenvalue weighted by Crippen LogP contribution is -2.55. The Balaban J connectivity index is 1.59. The molecule has 2 aliphatic rings. The minimum absolute atomic E-state index is 0.151. The largest absolute Gasteiger partial charge is 0.382 e. The van der Waals surface area contributed by atoms with Gasteiger partial charge in [-0.1, -0.05) is 0 Å². The Morgan fingerprint density at radius 2 is 1.92 bits per heavy atom. The molecule has 26 heavy (non-hydrogen) atoms. The maximum absolute atomic E-state index is 12.4. The van der Waals surface area contributed by atoms with Crippen LogP contribution in [0.1, 0.15) is 25.7 Å². The Morgan fingerprint density at radius 1 is 1.15 bits per heavy atom. The summed E-state index contributed by atoms with van der Waals surface area (Å²) >= 11 is 0. The van der Waals surface area contributed by atoms with Crippen LogP contribution in [-0.4, -0.2) is 101 Å². The summed E-state index contributed by atoms with van der Waals surface area (Å²) in [5.41, 5.74) is 0. The minimum atomic E-state index is -0.218. The first-order chi connectivity index (χ1) is 12.8. The van der Waals surface area contributed by atoms with E-state index in [0.717, 1.165) is 71.0 Å². The first-order valence-electron chi connectivity index (χ1n) is 9.69. The van der Waals surface area contributed by atoms with Crippen molar-refractivity contribution in [2.75, 3.05) is 73.3 Å². The van der Waals surface area contributed by atoms with Crippen LogP contribution in [0, 0.1) is 0 Å². The third kappa shape index (κ3) is 6.74. The van der Waals surface area contributed by atoms with Gasteiger partial charge < -0.3 is 29.3 Å². The number of carbonyl (C=O) groups excluding carboxylic acids is 1. The molecule has 1 N–H and O–H groups in total. The van der Waals surface area contributed by atoms with Crippen LogP contribution >= 0.6 is 0 Å². The van der Waals surface area contributed by atoms with Crippen molar-refractivity contribution in [3.8, 4) is 0 Å². The van der Waals surface area contributed by atoms with Gasteiger partial charge in [-0.3, -0.25) is 9.79 Å². The molecule has 8 nitrogen and oxygen atoms in total. The summed E-state index contributed by atoms with van der Waals surface area (Å²) in [6, 6.07) is 0. The van der Waals surface area contributed by atoms with Gasteiger partial charge >= 0.3 is 0 Å². The normalized spacial score (nSPS) is 21.3. The molecular weight excluding hydrogens is 336 g/mol. The fraction of sp³-hybridized carbons (Fsp3) is 0.889. The smallest absolute Gasteiger partial charge is 0.251 e. The molecule has 0 spiro atoms. The van der Waals surface area contributed by atoms with Gasteiger partial charge in [-0.25, -0.2) is 0 Å². The highest BCUT2D eigenvalue weighted by molar-refractivity contribution is 5.82. The van der Waals surface area contributed by atoms with Crippen LogP contribution in [-0.2, 0) is 19.0 Å². The second-order valence-corrected chi connectivity index (χ2v) is 6.60. The first-order valence-corrected chi connectivity index (χ1v) is 9.69. The third-order valence-corrected chi connectivity index (χ3v) is 4.74. The maximum Gasteiger partial charge on any atom is 0.251 e. The lowest BCUT2D eigenvalue weighted by Gasteiger charge is -2.37. The third-order valence-electron chi connectivity index (χ3n) is 4.74. The van der Waals surface area contributed by atoms with Gasteiger partial charge in [0.1, 0.15) is 6.10 Å². The second kappa shape index (κ2) is 12.1. The van der Waals surface area contributed by atoms with E-state index < -0.39 is 0 Å². The van der Waals surface area contributed by atoms with E-state index in [-0.39, 0.29) is 12.0 Å². The van der Waals surface area contributed by atoms with Gasteiger partial charge in [0.2, 0.25) is 0 Å². The van der Waals surface area contributed by atoms with Gasteiger partial charge in [0.25, 0.3) is 5.91 Å². The topological polar surface area (TPSA) is 75.6 Å². The Labute approximate surface area is 156 Å². The molecule has 0 saturated carbocycles. The number of aliphatic imine (C=N–C) groups is 1. The molecule has 2 heterocycles. The molecule has 2 saturated heterocycles. The molecule has 8 heteroatoms. The highest BCUT2D eigenvalue weighted by atomic mass is 16.5. The second-order valence-electron chi connectivity index (χ2n) is 6.60. The van der Waals surface area contributed by atoms with Crippen LogP contribution in [0.3, 0.4) is 0 Å². The average Bonchev–Trinajstić information content (AvgIpc) is 3.21. The van der Waals surface area contributed by atoms with Crippen molar-refractivity contribution in [2.45, 2.75) is 31.8 Å². The van der Waals surface area contributed by atoms with E-state index in [2.05, 4.69) is 15.2 Å². The Bertz CT molecular complexity index is 433. The molecule has 0 aromatic rings. The molecule has 2 aliphatic heterocycles. The van der Waals surface area contributed by atoms with E-state index >= 15 is 0 Å². The summed E-state index contributed by atoms with van der Waals surface area (Å²) in [5.74, 6) is 1.06. The summed E-state index contributed by atoms with van der Waals surface area (Å²) < 4.78 is 15.9. The number of hydrogen-bond donors (Lipinski definition) is 1. The number of nitrogens with zero attached hydrogens (tertiary/aromatic N) is 3. The predicted octanol–water partition coefficient (Wildman–Crippen LogP) is 0.328. The molecule has 1 atom stereocenters. The number of ether oxygens (including phenoxy) is 3. The number of unbranched alkanes of at least 4 members (excludes halogenated alkanes) is 1. The molecule has 2 rings (SSSR count). The number of hydrogen-bond acceptors (Lipinski definition) is 5. The van der Waals surface area contributed by atoms with Crippen LogP contribution < -0.4 is 5.32 Å². The van der Waals surface area contributed by atoms with Crippen molar-refractivity contribution in [1.82, 2.24) is 15.1 Å². The lowest BCUT2D eigenvalue weighted by molar-refractivity contribution is -0.142. The summed E-state index contributed by atoms with van der Waals surface area (Å²) in [7, 11) is 3.48. The van der Waals surface area contributed by atoms with Crippen LogP contribution in [0.25, 0.3) is 0 Å². The molecule has 0 aromatic carbocycles. The zero-order chi connectivity index (χ0) is 18.6. The zero-order valence-electron chi connectivity index (χ0n) is 16.2. The predicted molar refractivity (Wildman–Crippen MR) is 100 cm³/mol. The first kappa shape index (κ1) is 20.9. The van der Waals surface area contributed by atoms with Crippen LogP contribution in [0.4, 0.5) is 0 Å². The average molecular weight is 370 g/mol. The van der Waals surface area contributed by atoms with E-state index in [1.807, 2.05) is 4.90 Å². The van der Waals surface area contributed by atoms with Crippen LogP contribution in [0.15, 0.2) is 4.99 Å². The lowest BCUT2D eigenvalue weighted by atomic mass is 10.2. The Hall–Kier alpha value is -1.38. The van der Waals surface area contributed by atoms with Crippen molar-refractivity contribution in [2.24, 2.45) is 4.99 Å². The molecule has 1 unspecified atom stereocenters. The SMILES string of the molecule is CN=C(NCCCCOCCOC)N1CCN(C(=O)C2CCCO2)CC1. The molecule has 0 aromatic heterocycles. The van der Waals surface area contributed by atoms with E-state index in [1.165, 1.54) is 0 Å². The van der Waals surface area contributed by atoms with Gasteiger partial charge in [-0.05, 0) is 25.7 Å². The summed E-state index contributed by atoms with van der Waals surface area (Å²) in [4.78, 5) is 20.9. The number of piperazine rings is 1. The molecular formula is C18H34N4O4. The zero-order valence-corrected chi connectivity index (χ0v) is 16.2. The van der Waals surface area contributed by atoms with Gasteiger partial charge in [-0.2, -0.15) is 0 Å². The standard InChI is InChI=1S/C18H34N4O4/c1-19-18(20-7-3-4-12-25-15-14-24-2)22-10-8-21(9-11-22)17(23)16-6-5-13-26-16/h16H,3-15H2,1-2H3,(H,19,20). The Kier molecular flexibility index (Phi) is 9.73. The van der Waals surface area contributed by atoms with Crippen molar-refractivity contribution >= 4 is 11.9 Å². The van der Waals surface area contributed by atoms with E-state index in [4.69, 9.17) is 14.2 Å². The summed E-state index contributed by atoms with van der Waals surface area (Å²) in [6.45, 7) is 6.70. The number of amides is 1. The number of methoxy groups -OCH3 is 1. The maximum atomic E-state index is 12.4. The van der Waals surface area contributed by atoms with Crippen molar-refractivity contribution in [3.05, 3.63) is 0 Å². The van der Waals surface area contributed by atoms with Gasteiger partial charge in [0, 0.05) is 60.1 Å². The highest BCUT2D eigenvalue weighted by Crippen LogP contribution is 2.16. The van der Waals surface area contributed by atoms with Crippen LogP contribution in [0.2, 0.25) is 0 Å². The van der Waals surface area contributed by atoms with Crippen molar-refractivity contribution in [1.29, 1.82) is 0 Å². The Morgan fingerprint density at radius 3 is 2.58 bits per heavy atom. The number of carbonyl (C=O) groups is 1. The fourth-order valence-corrected chi connectivity index (χ4v) is 3.22. The summed E-state index contributed by atoms with van der Waals surface area (Å²) in [5, 5.41) is 3.41.